The van der Waals surface area contributed by atoms with Crippen molar-refractivity contribution in [3.05, 3.63) is 28.2 Å². The molecule has 0 aliphatic rings. The molecule has 0 aromatic heterocycles. The van der Waals surface area contributed by atoms with Crippen LogP contribution in [0.25, 0.3) is 0 Å². The molecular formula is C15H24BrNO2. The quantitative estimate of drug-likeness (QED) is 0.700. The van der Waals surface area contributed by atoms with Crippen LogP contribution in [0.3, 0.4) is 0 Å². The van der Waals surface area contributed by atoms with E-state index in [1.54, 1.807) is 0 Å². The zero-order valence-electron chi connectivity index (χ0n) is 12.0. The van der Waals surface area contributed by atoms with Crippen molar-refractivity contribution in [2.24, 2.45) is 0 Å². The topological polar surface area (TPSA) is 30.5 Å². The van der Waals surface area contributed by atoms with E-state index < -0.39 is 0 Å². The molecule has 0 spiro atoms. The molecule has 3 nitrogen and oxygen atoms in total. The Kier molecular flexibility index (Phi) is 8.10. The van der Waals surface area contributed by atoms with Crippen LogP contribution in [0.5, 0.6) is 5.75 Å². The minimum absolute atomic E-state index is 0.491. The van der Waals surface area contributed by atoms with E-state index in [2.05, 4.69) is 54.2 Å². The van der Waals surface area contributed by atoms with Crippen molar-refractivity contribution in [3.63, 3.8) is 0 Å². The summed E-state index contributed by atoms with van der Waals surface area (Å²) in [7, 11) is 0. The molecule has 0 saturated carbocycles. The van der Waals surface area contributed by atoms with Gasteiger partial charge in [0.15, 0.2) is 0 Å². The van der Waals surface area contributed by atoms with Crippen molar-refractivity contribution in [3.8, 4) is 5.75 Å². The molecule has 0 atom stereocenters. The van der Waals surface area contributed by atoms with E-state index in [4.69, 9.17) is 9.47 Å². The van der Waals surface area contributed by atoms with Gasteiger partial charge in [-0.2, -0.15) is 0 Å². The summed E-state index contributed by atoms with van der Waals surface area (Å²) in [4.78, 5) is 0. The largest absolute Gasteiger partial charge is 0.490 e. The van der Waals surface area contributed by atoms with Crippen molar-refractivity contribution in [1.82, 2.24) is 5.32 Å². The van der Waals surface area contributed by atoms with Gasteiger partial charge in [0.25, 0.3) is 0 Å². The Bertz CT molecular complexity index is 369. The second-order valence-electron chi connectivity index (χ2n) is 4.76. The summed E-state index contributed by atoms with van der Waals surface area (Å²) in [6, 6.07) is 6.67. The Morgan fingerprint density at radius 2 is 2.00 bits per heavy atom. The van der Waals surface area contributed by atoms with Gasteiger partial charge in [-0.1, -0.05) is 26.8 Å². The molecule has 19 heavy (non-hydrogen) atoms. The van der Waals surface area contributed by atoms with E-state index in [1.807, 2.05) is 6.07 Å². The standard InChI is InChI=1S/C15H24BrNO2/c1-4-7-18-8-9-19-15-6-5-13(10-14(15)16)11-17-12(2)3/h5-6,10,12,17H,4,7-9,11H2,1-3H3. The second-order valence-corrected chi connectivity index (χ2v) is 5.62. The molecule has 0 saturated heterocycles. The third kappa shape index (κ3) is 6.95. The maximum absolute atomic E-state index is 5.67. The van der Waals surface area contributed by atoms with E-state index in [0.29, 0.717) is 19.3 Å². The van der Waals surface area contributed by atoms with E-state index >= 15 is 0 Å². The van der Waals surface area contributed by atoms with Gasteiger partial charge in [-0.15, -0.1) is 0 Å². The Morgan fingerprint density at radius 1 is 1.21 bits per heavy atom. The molecule has 1 aromatic carbocycles. The molecule has 0 bridgehead atoms. The van der Waals surface area contributed by atoms with E-state index in [1.165, 1.54) is 5.56 Å². The molecule has 4 heteroatoms. The highest BCUT2D eigenvalue weighted by molar-refractivity contribution is 9.10. The molecule has 0 heterocycles. The predicted molar refractivity (Wildman–Crippen MR) is 82.7 cm³/mol. The van der Waals surface area contributed by atoms with Crippen molar-refractivity contribution in [2.75, 3.05) is 19.8 Å². The summed E-state index contributed by atoms with van der Waals surface area (Å²) in [6.45, 7) is 9.27. The maximum atomic E-state index is 5.67. The lowest BCUT2D eigenvalue weighted by Gasteiger charge is -2.11. The van der Waals surface area contributed by atoms with Crippen LogP contribution in [0.1, 0.15) is 32.8 Å². The number of ether oxygens (including phenoxy) is 2. The van der Waals surface area contributed by atoms with Crippen LogP contribution in [-0.2, 0) is 11.3 Å². The first-order valence-electron chi connectivity index (χ1n) is 6.85. The second kappa shape index (κ2) is 9.34. The predicted octanol–water partition coefficient (Wildman–Crippen LogP) is 3.75. The minimum atomic E-state index is 0.491. The number of benzene rings is 1. The summed E-state index contributed by atoms with van der Waals surface area (Å²) in [5, 5.41) is 3.39. The molecular weight excluding hydrogens is 306 g/mol. The molecule has 108 valence electrons. The van der Waals surface area contributed by atoms with Gasteiger partial charge in [0.05, 0.1) is 11.1 Å². The molecule has 1 aromatic rings. The Balaban J connectivity index is 2.39. The van der Waals surface area contributed by atoms with E-state index in [-0.39, 0.29) is 0 Å². The van der Waals surface area contributed by atoms with Crippen LogP contribution in [-0.4, -0.2) is 25.9 Å². The molecule has 0 fully saturated rings. The van der Waals surface area contributed by atoms with Crippen molar-refractivity contribution >= 4 is 15.9 Å². The zero-order valence-corrected chi connectivity index (χ0v) is 13.6. The SMILES string of the molecule is CCCOCCOc1ccc(CNC(C)C)cc1Br. The first-order valence-corrected chi connectivity index (χ1v) is 7.65. The van der Waals surface area contributed by atoms with Gasteiger partial charge in [-0.05, 0) is 40.0 Å². The number of halogens is 1. The highest BCUT2D eigenvalue weighted by atomic mass is 79.9. The molecule has 0 radical (unpaired) electrons. The maximum Gasteiger partial charge on any atom is 0.133 e. The fourth-order valence-corrected chi connectivity index (χ4v) is 2.09. The molecule has 0 unspecified atom stereocenters. The zero-order chi connectivity index (χ0) is 14.1. The number of hydrogen-bond acceptors (Lipinski definition) is 3. The third-order valence-corrected chi connectivity index (χ3v) is 3.16. The van der Waals surface area contributed by atoms with Crippen molar-refractivity contribution < 1.29 is 9.47 Å². The van der Waals surface area contributed by atoms with Gasteiger partial charge < -0.3 is 14.8 Å². The van der Waals surface area contributed by atoms with Crippen molar-refractivity contribution in [1.29, 1.82) is 0 Å². The highest BCUT2D eigenvalue weighted by Gasteiger charge is 2.03. The van der Waals surface area contributed by atoms with Gasteiger partial charge >= 0.3 is 0 Å². The van der Waals surface area contributed by atoms with Crippen LogP contribution in [0.4, 0.5) is 0 Å². The Labute approximate surface area is 124 Å². The van der Waals surface area contributed by atoms with Gasteiger partial charge in [0, 0.05) is 19.2 Å². The summed E-state index contributed by atoms with van der Waals surface area (Å²) < 4.78 is 12.0. The summed E-state index contributed by atoms with van der Waals surface area (Å²) in [5.74, 6) is 0.869. The molecule has 1 N–H and O–H groups in total. The number of hydrogen-bond donors (Lipinski definition) is 1. The van der Waals surface area contributed by atoms with Gasteiger partial charge in [-0.3, -0.25) is 0 Å². The fourth-order valence-electron chi connectivity index (χ4n) is 1.55. The molecule has 1 rings (SSSR count). The van der Waals surface area contributed by atoms with Crippen molar-refractivity contribution in [2.45, 2.75) is 39.8 Å². The monoisotopic (exact) mass is 329 g/mol. The van der Waals surface area contributed by atoms with Crippen LogP contribution < -0.4 is 10.1 Å². The van der Waals surface area contributed by atoms with Crippen LogP contribution in [0.15, 0.2) is 22.7 Å². The third-order valence-electron chi connectivity index (χ3n) is 2.54. The summed E-state index contributed by atoms with van der Waals surface area (Å²) in [6.07, 6.45) is 1.04. The van der Waals surface area contributed by atoms with Gasteiger partial charge in [0.1, 0.15) is 12.4 Å². The molecule has 0 amide bonds. The number of rotatable bonds is 9. The minimum Gasteiger partial charge on any atom is -0.490 e. The van der Waals surface area contributed by atoms with E-state index in [0.717, 1.165) is 29.8 Å². The van der Waals surface area contributed by atoms with Crippen LogP contribution >= 0.6 is 15.9 Å². The normalized spacial score (nSPS) is 11.0. The molecule has 0 aliphatic carbocycles. The average Bonchev–Trinajstić information content (AvgIpc) is 2.38. The summed E-state index contributed by atoms with van der Waals surface area (Å²) in [5.41, 5.74) is 1.25. The van der Waals surface area contributed by atoms with E-state index in [9.17, 15) is 0 Å². The Morgan fingerprint density at radius 3 is 2.63 bits per heavy atom. The lowest BCUT2D eigenvalue weighted by Crippen LogP contribution is -2.21. The average molecular weight is 330 g/mol. The lowest BCUT2D eigenvalue weighted by atomic mass is 10.2. The smallest absolute Gasteiger partial charge is 0.133 e. The van der Waals surface area contributed by atoms with Gasteiger partial charge in [-0.25, -0.2) is 0 Å². The number of nitrogens with one attached hydrogen (secondary N) is 1. The molecule has 0 aliphatic heterocycles. The first-order chi connectivity index (χ1) is 9.13. The van der Waals surface area contributed by atoms with Gasteiger partial charge in [0.2, 0.25) is 0 Å². The Hall–Kier alpha value is -0.580. The van der Waals surface area contributed by atoms with Crippen LogP contribution in [0.2, 0.25) is 0 Å². The lowest BCUT2D eigenvalue weighted by molar-refractivity contribution is 0.100. The fraction of sp³-hybridized carbons (Fsp3) is 0.600. The highest BCUT2D eigenvalue weighted by Crippen LogP contribution is 2.26. The summed E-state index contributed by atoms with van der Waals surface area (Å²) >= 11 is 3.54. The first kappa shape index (κ1) is 16.5. The van der Waals surface area contributed by atoms with Crippen LogP contribution in [0, 0.1) is 0 Å².